The van der Waals surface area contributed by atoms with Gasteiger partial charge in [-0.2, -0.15) is 11.8 Å². The summed E-state index contributed by atoms with van der Waals surface area (Å²) in [5.74, 6) is -1.23. The molecule has 1 aromatic heterocycles. The number of thioether (sulfide) groups is 1. The quantitative estimate of drug-likeness (QED) is 0.504. The smallest absolute Gasteiger partial charge is 0.326 e. The summed E-state index contributed by atoms with van der Waals surface area (Å²) in [5.41, 5.74) is -0.289. The van der Waals surface area contributed by atoms with Crippen molar-refractivity contribution < 1.29 is 19.6 Å². The summed E-state index contributed by atoms with van der Waals surface area (Å²) in [5, 5.41) is 21.7. The topological polar surface area (TPSA) is 125 Å². The minimum absolute atomic E-state index is 0.0397. The second-order valence-electron chi connectivity index (χ2n) is 3.67. The van der Waals surface area contributed by atoms with Crippen molar-refractivity contribution in [2.75, 3.05) is 12.0 Å². The lowest BCUT2D eigenvalue weighted by Crippen LogP contribution is -2.41. The Morgan fingerprint density at radius 3 is 2.79 bits per heavy atom. The van der Waals surface area contributed by atoms with Gasteiger partial charge in [0, 0.05) is 6.07 Å². The Morgan fingerprint density at radius 2 is 2.32 bits per heavy atom. The molecule has 0 aromatic carbocycles. The molecule has 0 spiro atoms. The van der Waals surface area contributed by atoms with E-state index in [9.17, 15) is 19.7 Å². The van der Waals surface area contributed by atoms with Crippen LogP contribution >= 0.6 is 11.8 Å². The first-order chi connectivity index (χ1) is 8.95. The summed E-state index contributed by atoms with van der Waals surface area (Å²) in [6, 6.07) is 0.0466. The van der Waals surface area contributed by atoms with Crippen LogP contribution in [-0.2, 0) is 4.79 Å². The van der Waals surface area contributed by atoms with E-state index in [0.29, 0.717) is 5.75 Å². The van der Waals surface area contributed by atoms with Crippen molar-refractivity contribution in [1.29, 1.82) is 0 Å². The number of carboxylic acids is 1. The number of carboxylic acid groups (broad SMARTS) is 1. The van der Waals surface area contributed by atoms with Gasteiger partial charge < -0.3 is 15.4 Å². The van der Waals surface area contributed by atoms with E-state index < -0.39 is 22.8 Å². The van der Waals surface area contributed by atoms with Crippen LogP contribution in [0, 0.1) is 10.1 Å². The van der Waals surface area contributed by atoms with Gasteiger partial charge in [-0.1, -0.05) is 0 Å². The van der Waals surface area contributed by atoms with Crippen LogP contribution < -0.4 is 5.32 Å². The molecule has 1 aromatic rings. The molecule has 0 saturated heterocycles. The van der Waals surface area contributed by atoms with Crippen molar-refractivity contribution in [2.24, 2.45) is 0 Å². The molecule has 8 nitrogen and oxygen atoms in total. The highest BCUT2D eigenvalue weighted by molar-refractivity contribution is 7.98. The highest BCUT2D eigenvalue weighted by atomic mass is 32.2. The van der Waals surface area contributed by atoms with Gasteiger partial charge in [-0.25, -0.2) is 4.79 Å². The normalized spacial score (nSPS) is 11.8. The van der Waals surface area contributed by atoms with Gasteiger partial charge in [0.15, 0.2) is 0 Å². The molecule has 0 saturated carbocycles. The maximum absolute atomic E-state index is 11.7. The van der Waals surface area contributed by atoms with Gasteiger partial charge in [0.1, 0.15) is 11.7 Å². The third kappa shape index (κ3) is 4.28. The van der Waals surface area contributed by atoms with E-state index in [1.54, 1.807) is 0 Å². The molecule has 1 rings (SSSR count). The molecule has 9 heteroatoms. The molecule has 0 fully saturated rings. The molecular weight excluding hydrogens is 274 g/mol. The summed E-state index contributed by atoms with van der Waals surface area (Å²) in [6.45, 7) is 0. The Hall–Kier alpha value is -2.03. The van der Waals surface area contributed by atoms with E-state index in [4.69, 9.17) is 5.11 Å². The Morgan fingerprint density at radius 1 is 1.63 bits per heavy atom. The predicted molar refractivity (Wildman–Crippen MR) is 69.3 cm³/mol. The molecular formula is C10H13N3O5S. The minimum atomic E-state index is -1.14. The highest BCUT2D eigenvalue weighted by Gasteiger charge is 2.22. The largest absolute Gasteiger partial charge is 0.480 e. The summed E-state index contributed by atoms with van der Waals surface area (Å²) in [6.07, 6.45) is 3.19. The number of aliphatic carboxylic acids is 1. The summed E-state index contributed by atoms with van der Waals surface area (Å²) < 4.78 is 0. The Bertz CT molecular complexity index is 487. The van der Waals surface area contributed by atoms with Gasteiger partial charge in [0.05, 0.1) is 11.1 Å². The maximum Gasteiger partial charge on any atom is 0.326 e. The fraction of sp³-hybridized carbons (Fsp3) is 0.400. The van der Waals surface area contributed by atoms with Crippen molar-refractivity contribution in [3.63, 3.8) is 0 Å². The minimum Gasteiger partial charge on any atom is -0.480 e. The number of nitrogens with zero attached hydrogens (tertiary/aromatic N) is 1. The molecule has 0 bridgehead atoms. The van der Waals surface area contributed by atoms with E-state index in [-0.39, 0.29) is 17.8 Å². The number of carbonyl (C=O) groups is 2. The van der Waals surface area contributed by atoms with E-state index >= 15 is 0 Å². The number of H-pyrrole nitrogens is 1. The number of rotatable bonds is 7. The van der Waals surface area contributed by atoms with Crippen molar-refractivity contribution >= 4 is 29.3 Å². The third-order valence-corrected chi connectivity index (χ3v) is 2.98. The zero-order valence-electron chi connectivity index (χ0n) is 10.1. The molecule has 0 radical (unpaired) electrons. The zero-order valence-corrected chi connectivity index (χ0v) is 10.9. The average molecular weight is 287 g/mol. The third-order valence-electron chi connectivity index (χ3n) is 2.34. The number of aromatic amines is 1. The van der Waals surface area contributed by atoms with E-state index in [2.05, 4.69) is 10.3 Å². The Balaban J connectivity index is 2.70. The SMILES string of the molecule is CSCC[C@@H](NC(=O)c1cc([N+](=O)[O-])c[nH]1)C(=O)O. The number of amides is 1. The van der Waals surface area contributed by atoms with Crippen LogP contribution in [0.25, 0.3) is 0 Å². The molecule has 3 N–H and O–H groups in total. The number of nitro groups is 1. The van der Waals surface area contributed by atoms with Crippen LogP contribution in [0.3, 0.4) is 0 Å². The number of aromatic nitrogens is 1. The molecule has 0 aliphatic rings. The number of hydrogen-bond donors (Lipinski definition) is 3. The molecule has 0 aliphatic heterocycles. The van der Waals surface area contributed by atoms with Gasteiger partial charge >= 0.3 is 5.97 Å². The lowest BCUT2D eigenvalue weighted by Gasteiger charge is -2.12. The van der Waals surface area contributed by atoms with Crippen LogP contribution in [-0.4, -0.2) is 44.9 Å². The average Bonchev–Trinajstić information content (AvgIpc) is 2.83. The second kappa shape index (κ2) is 6.78. The molecule has 1 amide bonds. The van der Waals surface area contributed by atoms with Gasteiger partial charge in [0.2, 0.25) is 0 Å². The zero-order chi connectivity index (χ0) is 14.4. The first kappa shape index (κ1) is 15.0. The van der Waals surface area contributed by atoms with Crippen molar-refractivity contribution in [3.8, 4) is 0 Å². The lowest BCUT2D eigenvalue weighted by atomic mass is 10.2. The monoisotopic (exact) mass is 287 g/mol. The fourth-order valence-electron chi connectivity index (χ4n) is 1.35. The highest BCUT2D eigenvalue weighted by Crippen LogP contribution is 2.12. The van der Waals surface area contributed by atoms with E-state index in [0.717, 1.165) is 12.3 Å². The Labute approximate surface area is 112 Å². The van der Waals surface area contributed by atoms with Crippen LogP contribution in [0.5, 0.6) is 0 Å². The summed E-state index contributed by atoms with van der Waals surface area (Å²) in [7, 11) is 0. The van der Waals surface area contributed by atoms with Crippen LogP contribution in [0.1, 0.15) is 16.9 Å². The first-order valence-electron chi connectivity index (χ1n) is 5.31. The summed E-state index contributed by atoms with van der Waals surface area (Å²) >= 11 is 1.47. The predicted octanol–water partition coefficient (Wildman–Crippen LogP) is 0.859. The molecule has 1 atom stereocenters. The standard InChI is InChI=1S/C10H13N3O5S/c1-19-3-2-7(10(15)16)12-9(14)8-4-6(5-11-8)13(17)18/h4-5,7,11H,2-3H2,1H3,(H,12,14)(H,15,16)/t7-/m1/s1. The van der Waals surface area contributed by atoms with Gasteiger partial charge in [-0.15, -0.1) is 0 Å². The molecule has 0 unspecified atom stereocenters. The lowest BCUT2D eigenvalue weighted by molar-refractivity contribution is -0.384. The van der Waals surface area contributed by atoms with Gasteiger partial charge in [-0.3, -0.25) is 14.9 Å². The molecule has 19 heavy (non-hydrogen) atoms. The van der Waals surface area contributed by atoms with E-state index in [1.165, 1.54) is 11.8 Å². The first-order valence-corrected chi connectivity index (χ1v) is 6.70. The number of hydrogen-bond acceptors (Lipinski definition) is 5. The fourth-order valence-corrected chi connectivity index (χ4v) is 1.82. The van der Waals surface area contributed by atoms with Crippen molar-refractivity contribution in [3.05, 3.63) is 28.1 Å². The Kier molecular flexibility index (Phi) is 5.37. The van der Waals surface area contributed by atoms with Crippen LogP contribution in [0.15, 0.2) is 12.3 Å². The van der Waals surface area contributed by atoms with Crippen LogP contribution in [0.2, 0.25) is 0 Å². The van der Waals surface area contributed by atoms with Gasteiger partial charge in [-0.05, 0) is 18.4 Å². The van der Waals surface area contributed by atoms with Gasteiger partial charge in [0.25, 0.3) is 11.6 Å². The van der Waals surface area contributed by atoms with Crippen molar-refractivity contribution in [1.82, 2.24) is 10.3 Å². The van der Waals surface area contributed by atoms with Crippen LogP contribution in [0.4, 0.5) is 5.69 Å². The maximum atomic E-state index is 11.7. The van der Waals surface area contributed by atoms with E-state index in [1.807, 2.05) is 6.26 Å². The second-order valence-corrected chi connectivity index (χ2v) is 4.66. The number of nitrogens with one attached hydrogen (secondary N) is 2. The molecule has 0 aliphatic carbocycles. The molecule has 104 valence electrons. The number of carbonyl (C=O) groups excluding carboxylic acids is 1. The summed E-state index contributed by atoms with van der Waals surface area (Å²) in [4.78, 5) is 34.9. The van der Waals surface area contributed by atoms with Crippen molar-refractivity contribution in [2.45, 2.75) is 12.5 Å². The molecule has 1 heterocycles.